The van der Waals surface area contributed by atoms with Gasteiger partial charge in [-0.2, -0.15) is 0 Å². The van der Waals surface area contributed by atoms with Gasteiger partial charge in [0.1, 0.15) is 5.75 Å². The maximum Gasteiger partial charge on any atom is 0.251 e. The van der Waals surface area contributed by atoms with Crippen molar-refractivity contribution >= 4 is 29.3 Å². The summed E-state index contributed by atoms with van der Waals surface area (Å²) in [6.07, 6.45) is 0. The lowest BCUT2D eigenvalue weighted by molar-refractivity contribution is -0.113. The van der Waals surface area contributed by atoms with Gasteiger partial charge in [-0.1, -0.05) is 17.8 Å². The van der Waals surface area contributed by atoms with E-state index in [9.17, 15) is 9.59 Å². The third-order valence-electron chi connectivity index (χ3n) is 4.99. The SMILES string of the molecule is CCn1c(SCC(=O)Nc2cc(C)cc(C)c2)nnc1[C@@H](C)NC(=O)c1ccc(OC)cc1. The number of nitrogens with zero attached hydrogens (tertiary/aromatic N) is 3. The number of benzene rings is 2. The second kappa shape index (κ2) is 11.0. The molecule has 0 bridgehead atoms. The first-order valence-electron chi connectivity index (χ1n) is 10.7. The van der Waals surface area contributed by atoms with Crippen molar-refractivity contribution in [2.24, 2.45) is 0 Å². The van der Waals surface area contributed by atoms with E-state index in [0.717, 1.165) is 16.8 Å². The van der Waals surface area contributed by atoms with Crippen molar-refractivity contribution in [1.82, 2.24) is 20.1 Å². The molecule has 0 unspecified atom stereocenters. The van der Waals surface area contributed by atoms with Gasteiger partial charge in [0.15, 0.2) is 11.0 Å². The zero-order valence-corrected chi connectivity index (χ0v) is 20.3. The number of nitrogens with one attached hydrogen (secondary N) is 2. The smallest absolute Gasteiger partial charge is 0.251 e. The first-order chi connectivity index (χ1) is 15.8. The lowest BCUT2D eigenvalue weighted by Gasteiger charge is -2.15. The molecule has 1 atom stereocenters. The molecular formula is C24H29N5O3S. The Morgan fingerprint density at radius 3 is 2.36 bits per heavy atom. The van der Waals surface area contributed by atoms with Crippen LogP contribution in [0.3, 0.4) is 0 Å². The van der Waals surface area contributed by atoms with Crippen molar-refractivity contribution in [3.8, 4) is 5.75 Å². The molecule has 2 amide bonds. The predicted octanol–water partition coefficient (Wildman–Crippen LogP) is 4.15. The topological polar surface area (TPSA) is 98.1 Å². The van der Waals surface area contributed by atoms with Crippen molar-refractivity contribution in [3.05, 3.63) is 65.0 Å². The number of thioether (sulfide) groups is 1. The molecule has 9 heteroatoms. The van der Waals surface area contributed by atoms with Crippen LogP contribution in [0.15, 0.2) is 47.6 Å². The molecule has 3 aromatic rings. The second-order valence-corrected chi connectivity index (χ2v) is 8.66. The van der Waals surface area contributed by atoms with Gasteiger partial charge in [0, 0.05) is 17.8 Å². The summed E-state index contributed by atoms with van der Waals surface area (Å²) in [6.45, 7) is 8.45. The van der Waals surface area contributed by atoms with Gasteiger partial charge < -0.3 is 19.9 Å². The van der Waals surface area contributed by atoms with Gasteiger partial charge in [0.05, 0.1) is 18.9 Å². The number of carbonyl (C=O) groups is 2. The summed E-state index contributed by atoms with van der Waals surface area (Å²) in [5.41, 5.74) is 3.51. The highest BCUT2D eigenvalue weighted by atomic mass is 32.2. The Hall–Kier alpha value is -3.33. The predicted molar refractivity (Wildman–Crippen MR) is 130 cm³/mol. The number of amides is 2. The van der Waals surface area contributed by atoms with Crippen LogP contribution in [-0.4, -0.2) is 39.4 Å². The first-order valence-corrected chi connectivity index (χ1v) is 11.7. The van der Waals surface area contributed by atoms with Crippen LogP contribution in [0, 0.1) is 13.8 Å². The number of rotatable bonds is 9. The Morgan fingerprint density at radius 2 is 1.76 bits per heavy atom. The lowest BCUT2D eigenvalue weighted by Crippen LogP contribution is -2.28. The molecule has 2 N–H and O–H groups in total. The summed E-state index contributed by atoms with van der Waals surface area (Å²) in [5, 5.41) is 15.0. The Balaban J connectivity index is 1.62. The van der Waals surface area contributed by atoms with E-state index in [1.165, 1.54) is 11.8 Å². The summed E-state index contributed by atoms with van der Waals surface area (Å²) >= 11 is 1.32. The molecule has 2 aromatic carbocycles. The van der Waals surface area contributed by atoms with Crippen molar-refractivity contribution in [1.29, 1.82) is 0 Å². The van der Waals surface area contributed by atoms with Gasteiger partial charge in [0.2, 0.25) is 5.91 Å². The summed E-state index contributed by atoms with van der Waals surface area (Å²) < 4.78 is 7.04. The van der Waals surface area contributed by atoms with Crippen LogP contribution in [0.2, 0.25) is 0 Å². The molecule has 0 aliphatic rings. The number of anilines is 1. The largest absolute Gasteiger partial charge is 0.497 e. The van der Waals surface area contributed by atoms with E-state index in [1.807, 2.05) is 44.4 Å². The molecule has 0 aliphatic heterocycles. The van der Waals surface area contributed by atoms with Crippen molar-refractivity contribution < 1.29 is 14.3 Å². The molecule has 8 nitrogen and oxygen atoms in total. The summed E-state index contributed by atoms with van der Waals surface area (Å²) in [4.78, 5) is 25.0. The Morgan fingerprint density at radius 1 is 1.09 bits per heavy atom. The third kappa shape index (κ3) is 6.35. The second-order valence-electron chi connectivity index (χ2n) is 7.72. The fraction of sp³-hybridized carbons (Fsp3) is 0.333. The molecule has 1 aromatic heterocycles. The Bertz CT molecular complexity index is 1110. The van der Waals surface area contributed by atoms with E-state index in [1.54, 1.807) is 31.4 Å². The fourth-order valence-electron chi connectivity index (χ4n) is 3.49. The standard InChI is InChI=1S/C24H29N5O3S/c1-6-29-22(17(4)25-23(31)18-7-9-20(32-5)10-8-18)27-28-24(29)33-14-21(30)26-19-12-15(2)11-16(3)13-19/h7-13,17H,6,14H2,1-5H3,(H,25,31)(H,26,30)/t17-/m1/s1. The minimum absolute atomic E-state index is 0.113. The molecule has 0 spiro atoms. The number of aryl methyl sites for hydroxylation is 2. The molecule has 0 saturated heterocycles. The average molecular weight is 468 g/mol. The average Bonchev–Trinajstić information content (AvgIpc) is 3.20. The molecule has 0 aliphatic carbocycles. The highest BCUT2D eigenvalue weighted by molar-refractivity contribution is 7.99. The summed E-state index contributed by atoms with van der Waals surface area (Å²) in [6, 6.07) is 12.5. The monoisotopic (exact) mass is 467 g/mol. The summed E-state index contributed by atoms with van der Waals surface area (Å²) in [7, 11) is 1.58. The van der Waals surface area contributed by atoms with Crippen LogP contribution >= 0.6 is 11.8 Å². The van der Waals surface area contributed by atoms with E-state index in [0.29, 0.717) is 28.8 Å². The third-order valence-corrected chi connectivity index (χ3v) is 5.95. The van der Waals surface area contributed by atoms with Crippen LogP contribution in [-0.2, 0) is 11.3 Å². The molecular weight excluding hydrogens is 438 g/mol. The van der Waals surface area contributed by atoms with E-state index in [-0.39, 0.29) is 23.6 Å². The van der Waals surface area contributed by atoms with Crippen molar-refractivity contribution in [3.63, 3.8) is 0 Å². The normalized spacial score (nSPS) is 11.7. The molecule has 0 saturated carbocycles. The molecule has 174 valence electrons. The molecule has 33 heavy (non-hydrogen) atoms. The number of hydrogen-bond donors (Lipinski definition) is 2. The highest BCUT2D eigenvalue weighted by Gasteiger charge is 2.20. The van der Waals surface area contributed by atoms with Gasteiger partial charge in [0.25, 0.3) is 5.91 Å². The molecule has 3 rings (SSSR count). The molecule has 1 heterocycles. The van der Waals surface area contributed by atoms with Gasteiger partial charge >= 0.3 is 0 Å². The van der Waals surface area contributed by atoms with Gasteiger partial charge in [-0.25, -0.2) is 0 Å². The van der Waals surface area contributed by atoms with E-state index >= 15 is 0 Å². The maximum atomic E-state index is 12.6. The Labute approximate surface area is 198 Å². The van der Waals surface area contributed by atoms with Crippen molar-refractivity contribution in [2.75, 3.05) is 18.2 Å². The quantitative estimate of drug-likeness (QED) is 0.459. The highest BCUT2D eigenvalue weighted by Crippen LogP contribution is 2.22. The van der Waals surface area contributed by atoms with Crippen molar-refractivity contribution in [2.45, 2.75) is 45.4 Å². The Kier molecular flexibility index (Phi) is 8.11. The van der Waals surface area contributed by atoms with Crippen LogP contribution in [0.4, 0.5) is 5.69 Å². The fourth-order valence-corrected chi connectivity index (χ4v) is 4.29. The zero-order chi connectivity index (χ0) is 24.0. The number of methoxy groups -OCH3 is 1. The number of ether oxygens (including phenoxy) is 1. The number of carbonyl (C=O) groups excluding carboxylic acids is 2. The van der Waals surface area contributed by atoms with E-state index in [2.05, 4.69) is 26.9 Å². The molecule has 0 fully saturated rings. The van der Waals surface area contributed by atoms with Gasteiger partial charge in [-0.3, -0.25) is 9.59 Å². The van der Waals surface area contributed by atoms with E-state index in [4.69, 9.17) is 4.74 Å². The minimum atomic E-state index is -0.356. The van der Waals surface area contributed by atoms with E-state index < -0.39 is 0 Å². The lowest BCUT2D eigenvalue weighted by atomic mass is 10.1. The van der Waals surface area contributed by atoms with Gasteiger partial charge in [-0.15, -0.1) is 10.2 Å². The molecule has 0 radical (unpaired) electrons. The first kappa shape index (κ1) is 24.3. The minimum Gasteiger partial charge on any atom is -0.497 e. The zero-order valence-electron chi connectivity index (χ0n) is 19.5. The van der Waals surface area contributed by atoms with Crippen LogP contribution in [0.1, 0.15) is 47.2 Å². The van der Waals surface area contributed by atoms with Crippen LogP contribution in [0.25, 0.3) is 0 Å². The van der Waals surface area contributed by atoms with Crippen LogP contribution < -0.4 is 15.4 Å². The maximum absolute atomic E-state index is 12.6. The van der Waals surface area contributed by atoms with Gasteiger partial charge in [-0.05, 0) is 75.2 Å². The number of aromatic nitrogens is 3. The summed E-state index contributed by atoms with van der Waals surface area (Å²) in [5.74, 6) is 1.21. The van der Waals surface area contributed by atoms with Crippen LogP contribution in [0.5, 0.6) is 5.75 Å². The number of hydrogen-bond acceptors (Lipinski definition) is 6.